The highest BCUT2D eigenvalue weighted by Crippen LogP contribution is 2.17. The number of aromatic nitrogens is 2. The lowest BCUT2D eigenvalue weighted by molar-refractivity contribution is 0.540. The molecule has 0 aromatic carbocycles. The molecule has 2 heterocycles. The maximum absolute atomic E-state index is 12.1. The standard InChI is InChI=1S/C14H23BrN4O/c1-2-3-9-19-14(20)13(15)12(10-18-19)17-8-6-11-5-4-7-16-11/h10-11,16-17H,2-9H2,1H3/t11-/m0/s1. The minimum Gasteiger partial charge on any atom is -0.383 e. The summed E-state index contributed by atoms with van der Waals surface area (Å²) < 4.78 is 2.11. The van der Waals surface area contributed by atoms with Crippen molar-refractivity contribution in [3.05, 3.63) is 21.0 Å². The molecule has 0 saturated carbocycles. The minimum absolute atomic E-state index is 0.0533. The molecule has 2 rings (SSSR count). The van der Waals surface area contributed by atoms with Crippen LogP contribution in [0.4, 0.5) is 5.69 Å². The summed E-state index contributed by atoms with van der Waals surface area (Å²) in [6, 6.07) is 0.610. The van der Waals surface area contributed by atoms with Crippen LogP contribution in [0.25, 0.3) is 0 Å². The van der Waals surface area contributed by atoms with Crippen LogP contribution in [0, 0.1) is 0 Å². The first-order chi connectivity index (χ1) is 9.72. The van der Waals surface area contributed by atoms with Gasteiger partial charge in [-0.1, -0.05) is 13.3 Å². The predicted octanol–water partition coefficient (Wildman–Crippen LogP) is 2.36. The van der Waals surface area contributed by atoms with Gasteiger partial charge in [0, 0.05) is 19.1 Å². The first-order valence-corrected chi connectivity index (χ1v) is 8.24. The molecule has 2 N–H and O–H groups in total. The van der Waals surface area contributed by atoms with Crippen LogP contribution in [0.3, 0.4) is 0 Å². The van der Waals surface area contributed by atoms with Gasteiger partial charge in [-0.15, -0.1) is 0 Å². The van der Waals surface area contributed by atoms with Gasteiger partial charge < -0.3 is 10.6 Å². The second-order valence-electron chi connectivity index (χ2n) is 5.26. The molecule has 1 aliphatic rings. The molecule has 112 valence electrons. The maximum Gasteiger partial charge on any atom is 0.283 e. The monoisotopic (exact) mass is 342 g/mol. The number of nitrogens with zero attached hydrogens (tertiary/aromatic N) is 2. The Morgan fingerprint density at radius 2 is 2.45 bits per heavy atom. The van der Waals surface area contributed by atoms with E-state index in [2.05, 4.69) is 38.6 Å². The Morgan fingerprint density at radius 1 is 1.60 bits per heavy atom. The van der Waals surface area contributed by atoms with Crippen molar-refractivity contribution < 1.29 is 0 Å². The average Bonchev–Trinajstić information content (AvgIpc) is 2.96. The van der Waals surface area contributed by atoms with Crippen LogP contribution >= 0.6 is 15.9 Å². The van der Waals surface area contributed by atoms with Crippen LogP contribution in [-0.4, -0.2) is 28.9 Å². The zero-order chi connectivity index (χ0) is 14.4. The van der Waals surface area contributed by atoms with Gasteiger partial charge in [0.25, 0.3) is 5.56 Å². The molecule has 1 aromatic rings. The third-order valence-electron chi connectivity index (χ3n) is 3.68. The van der Waals surface area contributed by atoms with Crippen LogP contribution in [0.2, 0.25) is 0 Å². The van der Waals surface area contributed by atoms with E-state index in [1.165, 1.54) is 17.5 Å². The van der Waals surface area contributed by atoms with Gasteiger partial charge >= 0.3 is 0 Å². The first-order valence-electron chi connectivity index (χ1n) is 7.45. The van der Waals surface area contributed by atoms with Gasteiger partial charge in [0.2, 0.25) is 0 Å². The van der Waals surface area contributed by atoms with E-state index in [-0.39, 0.29) is 5.56 Å². The fraction of sp³-hybridized carbons (Fsp3) is 0.714. The van der Waals surface area contributed by atoms with E-state index in [1.807, 2.05) is 0 Å². The molecule has 1 aliphatic heterocycles. The fourth-order valence-electron chi connectivity index (χ4n) is 2.44. The van der Waals surface area contributed by atoms with Gasteiger partial charge in [-0.2, -0.15) is 5.10 Å². The Labute approximate surface area is 128 Å². The molecule has 6 heteroatoms. The largest absolute Gasteiger partial charge is 0.383 e. The summed E-state index contributed by atoms with van der Waals surface area (Å²) in [6.45, 7) is 4.77. The molecular weight excluding hydrogens is 320 g/mol. The Bertz CT molecular complexity index is 483. The van der Waals surface area contributed by atoms with Crippen LogP contribution < -0.4 is 16.2 Å². The summed E-state index contributed by atoms with van der Waals surface area (Å²) in [6.07, 6.45) is 7.36. The highest BCUT2D eigenvalue weighted by molar-refractivity contribution is 9.10. The van der Waals surface area contributed by atoms with E-state index in [1.54, 1.807) is 6.20 Å². The number of anilines is 1. The van der Waals surface area contributed by atoms with Crippen molar-refractivity contribution in [1.82, 2.24) is 15.1 Å². The normalized spacial score (nSPS) is 18.4. The molecule has 1 aromatic heterocycles. The number of hydrogen-bond acceptors (Lipinski definition) is 4. The molecule has 1 atom stereocenters. The van der Waals surface area contributed by atoms with E-state index in [0.29, 0.717) is 17.1 Å². The quantitative estimate of drug-likeness (QED) is 0.798. The molecule has 0 radical (unpaired) electrons. The van der Waals surface area contributed by atoms with E-state index in [4.69, 9.17) is 0 Å². The lowest BCUT2D eigenvalue weighted by atomic mass is 10.1. The summed E-state index contributed by atoms with van der Waals surface area (Å²) in [4.78, 5) is 12.1. The predicted molar refractivity (Wildman–Crippen MR) is 85.2 cm³/mol. The topological polar surface area (TPSA) is 59.0 Å². The Balaban J connectivity index is 1.91. The molecule has 0 spiro atoms. The second-order valence-corrected chi connectivity index (χ2v) is 6.06. The zero-order valence-electron chi connectivity index (χ0n) is 12.0. The van der Waals surface area contributed by atoms with Crippen LogP contribution in [-0.2, 0) is 6.54 Å². The lowest BCUT2D eigenvalue weighted by Crippen LogP contribution is -2.26. The van der Waals surface area contributed by atoms with Crippen molar-refractivity contribution in [3.63, 3.8) is 0 Å². The van der Waals surface area contributed by atoms with Gasteiger partial charge in [0.1, 0.15) is 4.47 Å². The van der Waals surface area contributed by atoms with E-state index in [0.717, 1.165) is 38.0 Å². The Hall–Kier alpha value is -0.880. The Kier molecular flexibility index (Phi) is 6.04. The summed E-state index contributed by atoms with van der Waals surface area (Å²) >= 11 is 3.39. The van der Waals surface area contributed by atoms with Crippen molar-refractivity contribution >= 4 is 21.6 Å². The second kappa shape index (κ2) is 7.78. The number of unbranched alkanes of at least 4 members (excludes halogenated alkanes) is 1. The number of hydrogen-bond donors (Lipinski definition) is 2. The molecule has 0 amide bonds. The van der Waals surface area contributed by atoms with E-state index >= 15 is 0 Å². The van der Waals surface area contributed by atoms with Crippen LogP contribution in [0.15, 0.2) is 15.5 Å². The van der Waals surface area contributed by atoms with Gasteiger partial charge in [-0.25, -0.2) is 4.68 Å². The molecule has 1 saturated heterocycles. The summed E-state index contributed by atoms with van der Waals surface area (Å²) in [5.74, 6) is 0. The van der Waals surface area contributed by atoms with Crippen molar-refractivity contribution in [2.75, 3.05) is 18.4 Å². The molecule has 0 unspecified atom stereocenters. The summed E-state index contributed by atoms with van der Waals surface area (Å²) in [5.41, 5.74) is 0.739. The van der Waals surface area contributed by atoms with Gasteiger partial charge in [0.05, 0.1) is 11.9 Å². The lowest BCUT2D eigenvalue weighted by Gasteiger charge is -2.13. The van der Waals surface area contributed by atoms with Crippen LogP contribution in [0.1, 0.15) is 39.0 Å². The van der Waals surface area contributed by atoms with Gasteiger partial charge in [-0.05, 0) is 48.2 Å². The number of halogens is 1. The SMILES string of the molecule is CCCCn1ncc(NCC[C@@H]2CCCN2)c(Br)c1=O. The minimum atomic E-state index is -0.0533. The fourth-order valence-corrected chi connectivity index (χ4v) is 2.89. The first kappa shape index (κ1) is 15.5. The molecule has 0 bridgehead atoms. The molecule has 0 aliphatic carbocycles. The van der Waals surface area contributed by atoms with Gasteiger partial charge in [0.15, 0.2) is 0 Å². The highest BCUT2D eigenvalue weighted by atomic mass is 79.9. The van der Waals surface area contributed by atoms with Crippen molar-refractivity contribution in [3.8, 4) is 0 Å². The molecular formula is C14H23BrN4O. The number of nitrogens with one attached hydrogen (secondary N) is 2. The van der Waals surface area contributed by atoms with E-state index < -0.39 is 0 Å². The third kappa shape index (κ3) is 4.06. The van der Waals surface area contributed by atoms with Crippen molar-refractivity contribution in [1.29, 1.82) is 0 Å². The van der Waals surface area contributed by atoms with Crippen LogP contribution in [0.5, 0.6) is 0 Å². The highest BCUT2D eigenvalue weighted by Gasteiger charge is 2.14. The average molecular weight is 343 g/mol. The maximum atomic E-state index is 12.1. The molecule has 1 fully saturated rings. The number of rotatable bonds is 7. The smallest absolute Gasteiger partial charge is 0.283 e. The zero-order valence-corrected chi connectivity index (χ0v) is 13.6. The van der Waals surface area contributed by atoms with Crippen molar-refractivity contribution in [2.45, 2.75) is 51.6 Å². The van der Waals surface area contributed by atoms with Crippen molar-refractivity contribution in [2.24, 2.45) is 0 Å². The molecule has 20 heavy (non-hydrogen) atoms. The van der Waals surface area contributed by atoms with E-state index in [9.17, 15) is 4.79 Å². The number of aryl methyl sites for hydroxylation is 1. The summed E-state index contributed by atoms with van der Waals surface area (Å²) in [5, 5.41) is 11.0. The Morgan fingerprint density at radius 3 is 3.15 bits per heavy atom. The molecule has 5 nitrogen and oxygen atoms in total. The third-order valence-corrected chi connectivity index (χ3v) is 4.45. The van der Waals surface area contributed by atoms with Gasteiger partial charge in [-0.3, -0.25) is 4.79 Å². The summed E-state index contributed by atoms with van der Waals surface area (Å²) in [7, 11) is 0.